The molecule has 1 aromatic carbocycles. The molecule has 4 rings (SSSR count). The summed E-state index contributed by atoms with van der Waals surface area (Å²) in [6.45, 7) is 2.28. The molecule has 0 aliphatic carbocycles. The fourth-order valence-electron chi connectivity index (χ4n) is 3.32. The van der Waals surface area contributed by atoms with E-state index in [0.29, 0.717) is 40.1 Å². The Balaban J connectivity index is 1.56. The van der Waals surface area contributed by atoms with Crippen molar-refractivity contribution in [1.82, 2.24) is 19.9 Å². The number of thiophene rings is 1. The lowest BCUT2D eigenvalue weighted by atomic mass is 10.1. The summed E-state index contributed by atoms with van der Waals surface area (Å²) in [7, 11) is 4.63. The van der Waals surface area contributed by atoms with Crippen LogP contribution in [0.5, 0.6) is 17.2 Å². The predicted octanol–water partition coefficient (Wildman–Crippen LogP) is 3.30. The van der Waals surface area contributed by atoms with E-state index < -0.39 is 0 Å². The van der Waals surface area contributed by atoms with Crippen LogP contribution in [0.3, 0.4) is 0 Å². The molecule has 3 N–H and O–H groups in total. The van der Waals surface area contributed by atoms with E-state index in [-0.39, 0.29) is 12.5 Å². The molecule has 0 spiro atoms. The minimum atomic E-state index is -0.288. The molecule has 9 nitrogen and oxygen atoms in total. The highest BCUT2D eigenvalue weighted by molar-refractivity contribution is 7.15. The van der Waals surface area contributed by atoms with Crippen molar-refractivity contribution in [3.05, 3.63) is 52.4 Å². The molecule has 166 valence electrons. The van der Waals surface area contributed by atoms with Gasteiger partial charge >= 0.3 is 0 Å². The number of carbonyl (C=O) groups excluding carboxylic acids is 1. The van der Waals surface area contributed by atoms with Crippen LogP contribution in [0, 0.1) is 6.92 Å². The van der Waals surface area contributed by atoms with Crippen LogP contribution >= 0.6 is 11.3 Å². The van der Waals surface area contributed by atoms with Gasteiger partial charge < -0.3 is 25.3 Å². The second-order valence-electron chi connectivity index (χ2n) is 7.00. The molecule has 0 aliphatic rings. The molecule has 0 bridgehead atoms. The second-order valence-corrected chi connectivity index (χ2v) is 8.29. The highest BCUT2D eigenvalue weighted by Gasteiger charge is 2.16. The van der Waals surface area contributed by atoms with Crippen LogP contribution in [-0.2, 0) is 6.54 Å². The van der Waals surface area contributed by atoms with Gasteiger partial charge in [-0.25, -0.2) is 4.98 Å². The maximum Gasteiger partial charge on any atom is 0.251 e. The van der Waals surface area contributed by atoms with Gasteiger partial charge in [0.1, 0.15) is 5.82 Å². The molecule has 0 saturated carbocycles. The molecule has 3 aromatic heterocycles. The number of rotatable bonds is 7. The van der Waals surface area contributed by atoms with E-state index in [1.165, 1.54) is 16.5 Å². The number of nitrogens with one attached hydrogen (secondary N) is 1. The standard InChI is InChI=1S/C22H23N5O4S/c1-12-5-6-17(32-12)21-25-19-10-14(9-18(23)27(19)26-21)22(28)24-11-13-7-15(29-2)20(31-4)16(8-13)30-3/h5-10H,11,23H2,1-4H3,(H,24,28). The van der Waals surface area contributed by atoms with Crippen molar-refractivity contribution in [2.45, 2.75) is 13.5 Å². The molecule has 32 heavy (non-hydrogen) atoms. The van der Waals surface area contributed by atoms with Gasteiger partial charge in [0.05, 0.1) is 26.2 Å². The fraction of sp³-hybridized carbons (Fsp3) is 0.227. The Morgan fingerprint density at radius 3 is 2.41 bits per heavy atom. The van der Waals surface area contributed by atoms with Crippen molar-refractivity contribution in [3.8, 4) is 28.0 Å². The Morgan fingerprint density at radius 1 is 1.09 bits per heavy atom. The van der Waals surface area contributed by atoms with E-state index in [1.54, 1.807) is 49.8 Å². The maximum atomic E-state index is 12.8. The van der Waals surface area contributed by atoms with E-state index in [1.807, 2.05) is 19.1 Å². The first-order valence-electron chi connectivity index (χ1n) is 9.73. The quantitative estimate of drug-likeness (QED) is 0.441. The number of pyridine rings is 1. The number of ether oxygens (including phenoxy) is 3. The first-order valence-corrected chi connectivity index (χ1v) is 10.5. The molecule has 10 heteroatoms. The normalized spacial score (nSPS) is 10.9. The predicted molar refractivity (Wildman–Crippen MR) is 123 cm³/mol. The number of hydrogen-bond acceptors (Lipinski definition) is 8. The summed E-state index contributed by atoms with van der Waals surface area (Å²) in [6, 6.07) is 10.8. The number of hydrogen-bond donors (Lipinski definition) is 2. The molecule has 0 unspecified atom stereocenters. The first kappa shape index (κ1) is 21.4. The van der Waals surface area contributed by atoms with Crippen molar-refractivity contribution in [1.29, 1.82) is 0 Å². The molecule has 3 heterocycles. The molecule has 0 radical (unpaired) electrons. The summed E-state index contributed by atoms with van der Waals surface area (Å²) in [6.07, 6.45) is 0. The number of carbonyl (C=O) groups is 1. The Morgan fingerprint density at radius 2 is 1.81 bits per heavy atom. The zero-order valence-corrected chi connectivity index (χ0v) is 18.9. The average Bonchev–Trinajstić information content (AvgIpc) is 3.42. The number of methoxy groups -OCH3 is 3. The van der Waals surface area contributed by atoms with Gasteiger partial charge in [0.15, 0.2) is 23.0 Å². The van der Waals surface area contributed by atoms with Gasteiger partial charge in [-0.2, -0.15) is 4.52 Å². The molecular weight excluding hydrogens is 430 g/mol. The van der Waals surface area contributed by atoms with Crippen LogP contribution in [0.4, 0.5) is 5.82 Å². The number of nitrogens with zero attached hydrogens (tertiary/aromatic N) is 3. The zero-order valence-electron chi connectivity index (χ0n) is 18.1. The number of aryl methyl sites for hydroxylation is 1. The molecule has 1 amide bonds. The molecular formula is C22H23N5O4S. The van der Waals surface area contributed by atoms with E-state index in [9.17, 15) is 4.79 Å². The van der Waals surface area contributed by atoms with E-state index in [2.05, 4.69) is 15.4 Å². The van der Waals surface area contributed by atoms with Crippen LogP contribution in [0.25, 0.3) is 16.3 Å². The monoisotopic (exact) mass is 453 g/mol. The van der Waals surface area contributed by atoms with Crippen molar-refractivity contribution >= 4 is 28.7 Å². The average molecular weight is 454 g/mol. The Bertz CT molecular complexity index is 1270. The van der Waals surface area contributed by atoms with Crippen LogP contribution in [0.15, 0.2) is 36.4 Å². The number of nitrogen functional groups attached to an aromatic ring is 1. The highest BCUT2D eigenvalue weighted by Crippen LogP contribution is 2.38. The van der Waals surface area contributed by atoms with Gasteiger partial charge in [0.2, 0.25) is 5.75 Å². The van der Waals surface area contributed by atoms with E-state index in [0.717, 1.165) is 10.4 Å². The van der Waals surface area contributed by atoms with Crippen LogP contribution < -0.4 is 25.3 Å². The van der Waals surface area contributed by atoms with E-state index in [4.69, 9.17) is 19.9 Å². The lowest BCUT2D eigenvalue weighted by Gasteiger charge is -2.14. The summed E-state index contributed by atoms with van der Waals surface area (Å²) in [5, 5.41) is 7.35. The van der Waals surface area contributed by atoms with E-state index >= 15 is 0 Å². The Labute approximate surface area is 188 Å². The fourth-order valence-corrected chi connectivity index (χ4v) is 4.12. The minimum Gasteiger partial charge on any atom is -0.493 e. The summed E-state index contributed by atoms with van der Waals surface area (Å²) in [4.78, 5) is 19.5. The largest absolute Gasteiger partial charge is 0.493 e. The van der Waals surface area contributed by atoms with Gasteiger partial charge in [-0.3, -0.25) is 4.79 Å². The van der Waals surface area contributed by atoms with Gasteiger partial charge in [0.25, 0.3) is 5.91 Å². The Hall–Kier alpha value is -3.79. The molecule has 0 fully saturated rings. The van der Waals surface area contributed by atoms with Crippen molar-refractivity contribution in [2.24, 2.45) is 0 Å². The lowest BCUT2D eigenvalue weighted by Crippen LogP contribution is -2.23. The van der Waals surface area contributed by atoms with Crippen molar-refractivity contribution in [3.63, 3.8) is 0 Å². The molecule has 0 atom stereocenters. The maximum absolute atomic E-state index is 12.8. The van der Waals surface area contributed by atoms with Gasteiger partial charge in [-0.1, -0.05) is 0 Å². The Kier molecular flexibility index (Phi) is 5.87. The van der Waals surface area contributed by atoms with Gasteiger partial charge in [0, 0.05) is 17.0 Å². The number of aromatic nitrogens is 3. The lowest BCUT2D eigenvalue weighted by molar-refractivity contribution is 0.0951. The smallest absolute Gasteiger partial charge is 0.251 e. The van der Waals surface area contributed by atoms with Crippen LogP contribution in [0.2, 0.25) is 0 Å². The number of benzene rings is 1. The number of amides is 1. The summed E-state index contributed by atoms with van der Waals surface area (Å²) in [5.41, 5.74) is 7.83. The SMILES string of the molecule is COc1cc(CNC(=O)c2cc(N)n3nc(-c4ccc(C)s4)nc3c2)cc(OC)c1OC. The summed E-state index contributed by atoms with van der Waals surface area (Å²) >= 11 is 1.60. The third-order valence-electron chi connectivity index (χ3n) is 4.87. The van der Waals surface area contributed by atoms with Crippen molar-refractivity contribution < 1.29 is 19.0 Å². The second kappa shape index (κ2) is 8.75. The summed E-state index contributed by atoms with van der Waals surface area (Å²) < 4.78 is 17.6. The van der Waals surface area contributed by atoms with Gasteiger partial charge in [-0.15, -0.1) is 16.4 Å². The number of fused-ring (bicyclic) bond motifs is 1. The highest BCUT2D eigenvalue weighted by atomic mass is 32.1. The number of anilines is 1. The molecule has 0 saturated heterocycles. The topological polar surface area (TPSA) is 113 Å². The van der Waals surface area contributed by atoms with Gasteiger partial charge in [-0.05, 0) is 48.9 Å². The number of nitrogens with two attached hydrogens (primary N) is 1. The third kappa shape index (κ3) is 4.04. The first-order chi connectivity index (χ1) is 15.4. The third-order valence-corrected chi connectivity index (χ3v) is 5.86. The minimum absolute atomic E-state index is 0.257. The molecule has 0 aliphatic heterocycles. The van der Waals surface area contributed by atoms with Crippen LogP contribution in [-0.4, -0.2) is 41.8 Å². The van der Waals surface area contributed by atoms with Crippen LogP contribution in [0.1, 0.15) is 20.8 Å². The van der Waals surface area contributed by atoms with Crippen molar-refractivity contribution in [2.75, 3.05) is 27.1 Å². The molecule has 4 aromatic rings. The zero-order chi connectivity index (χ0) is 22.8. The summed E-state index contributed by atoms with van der Waals surface area (Å²) in [5.74, 6) is 2.14.